The first kappa shape index (κ1) is 20.4. The van der Waals surface area contributed by atoms with Crippen molar-refractivity contribution in [3.8, 4) is 0 Å². The molecule has 148 valence electrons. The molecular weight excluding hydrogens is 400 g/mol. The zero-order valence-electron chi connectivity index (χ0n) is 15.7. The van der Waals surface area contributed by atoms with Gasteiger partial charge in [-0.3, -0.25) is 0 Å². The van der Waals surface area contributed by atoms with E-state index in [1.807, 2.05) is 6.92 Å². The highest BCUT2D eigenvalue weighted by Gasteiger charge is 2.23. The second kappa shape index (κ2) is 8.37. The molecule has 0 unspecified atom stereocenters. The van der Waals surface area contributed by atoms with Gasteiger partial charge in [0, 0.05) is 16.8 Å². The van der Waals surface area contributed by atoms with Gasteiger partial charge in [-0.15, -0.1) is 0 Å². The third-order valence-corrected chi connectivity index (χ3v) is 6.27. The lowest BCUT2D eigenvalue weighted by molar-refractivity contribution is 0.0526. The lowest BCUT2D eigenvalue weighted by Gasteiger charge is -2.06. The Morgan fingerprint density at radius 3 is 2.46 bits per heavy atom. The summed E-state index contributed by atoms with van der Waals surface area (Å²) >= 11 is 5.84. The number of halogens is 1. The van der Waals surface area contributed by atoms with Crippen molar-refractivity contribution in [1.82, 2.24) is 0 Å². The van der Waals surface area contributed by atoms with Crippen LogP contribution < -0.4 is 0 Å². The summed E-state index contributed by atoms with van der Waals surface area (Å²) in [6.45, 7) is 3.98. The van der Waals surface area contributed by atoms with Crippen LogP contribution in [0.4, 0.5) is 0 Å². The molecule has 0 saturated carbocycles. The minimum absolute atomic E-state index is 0.193. The summed E-state index contributed by atoms with van der Waals surface area (Å²) < 4.78 is 36.4. The van der Waals surface area contributed by atoms with Gasteiger partial charge in [-0.2, -0.15) is 0 Å². The number of benzene rings is 2. The van der Waals surface area contributed by atoms with Gasteiger partial charge < -0.3 is 9.15 Å². The molecule has 2 aromatic carbocycles. The molecule has 1 aromatic heterocycles. The average Bonchev–Trinajstić information content (AvgIpc) is 2.99. The number of hydrogen-bond acceptors (Lipinski definition) is 5. The van der Waals surface area contributed by atoms with Crippen molar-refractivity contribution in [3.63, 3.8) is 0 Å². The fourth-order valence-electron chi connectivity index (χ4n) is 3.06. The molecule has 0 aliphatic rings. The van der Waals surface area contributed by atoms with E-state index in [2.05, 4.69) is 0 Å². The molecule has 28 heavy (non-hydrogen) atoms. The Hall–Kier alpha value is -2.31. The van der Waals surface area contributed by atoms with Gasteiger partial charge >= 0.3 is 5.97 Å². The number of carbonyl (C=O) groups is 1. The molecule has 0 spiro atoms. The Kier molecular flexibility index (Phi) is 6.10. The molecule has 5 nitrogen and oxygen atoms in total. The van der Waals surface area contributed by atoms with Crippen LogP contribution in [0.25, 0.3) is 11.0 Å². The Morgan fingerprint density at radius 1 is 1.11 bits per heavy atom. The molecule has 3 aromatic rings. The normalized spacial score (nSPS) is 11.7. The minimum Gasteiger partial charge on any atom is -0.462 e. The van der Waals surface area contributed by atoms with E-state index < -0.39 is 15.8 Å². The van der Waals surface area contributed by atoms with Crippen molar-refractivity contribution < 1.29 is 22.4 Å². The van der Waals surface area contributed by atoms with E-state index in [-0.39, 0.29) is 17.3 Å². The van der Waals surface area contributed by atoms with Gasteiger partial charge in [0.15, 0.2) is 9.84 Å². The molecule has 0 saturated heterocycles. The molecule has 0 aliphatic heterocycles. The number of furan rings is 1. The first-order chi connectivity index (χ1) is 13.4. The number of aryl methyl sites for hydroxylation is 1. The summed E-state index contributed by atoms with van der Waals surface area (Å²) in [6, 6.07) is 11.1. The van der Waals surface area contributed by atoms with Crippen molar-refractivity contribution in [3.05, 3.63) is 64.4 Å². The molecule has 0 fully saturated rings. The van der Waals surface area contributed by atoms with Crippen LogP contribution in [0.2, 0.25) is 5.02 Å². The minimum atomic E-state index is -3.55. The fraction of sp³-hybridized carbons (Fsp3) is 0.286. The van der Waals surface area contributed by atoms with Crippen LogP contribution in [0.1, 0.15) is 41.9 Å². The Balaban J connectivity index is 2.02. The Labute approximate surface area is 169 Å². The molecule has 0 aliphatic carbocycles. The van der Waals surface area contributed by atoms with Crippen LogP contribution in [0.3, 0.4) is 0 Å². The lowest BCUT2D eigenvalue weighted by atomic mass is 10.1. The van der Waals surface area contributed by atoms with Gasteiger partial charge in [-0.1, -0.05) is 24.6 Å². The predicted octanol–water partition coefficient (Wildman–Crippen LogP) is 5.19. The first-order valence-corrected chi connectivity index (χ1v) is 11.1. The topological polar surface area (TPSA) is 73.6 Å². The van der Waals surface area contributed by atoms with Crippen LogP contribution in [-0.2, 0) is 26.7 Å². The SMILES string of the molecule is CCCc1oc2ccc(CS(=O)(=O)c3ccc(Cl)cc3)cc2c1C(=O)OCC. The third-order valence-electron chi connectivity index (χ3n) is 4.31. The molecule has 0 bridgehead atoms. The number of fused-ring (bicyclic) bond motifs is 1. The summed E-state index contributed by atoms with van der Waals surface area (Å²) in [6.07, 6.45) is 1.41. The van der Waals surface area contributed by atoms with Gasteiger partial charge in [0.25, 0.3) is 0 Å². The van der Waals surface area contributed by atoms with Crippen molar-refractivity contribution in [2.45, 2.75) is 37.3 Å². The summed E-state index contributed by atoms with van der Waals surface area (Å²) in [5, 5.41) is 1.05. The van der Waals surface area contributed by atoms with E-state index in [9.17, 15) is 13.2 Å². The number of ether oxygens (including phenoxy) is 1. The molecule has 0 N–H and O–H groups in total. The van der Waals surface area contributed by atoms with Gasteiger partial charge in [0.05, 0.1) is 17.3 Å². The van der Waals surface area contributed by atoms with E-state index in [4.69, 9.17) is 20.8 Å². The fourth-order valence-corrected chi connectivity index (χ4v) is 4.52. The molecular formula is C21H21ClO5S. The number of carbonyl (C=O) groups excluding carboxylic acids is 1. The maximum atomic E-state index is 12.7. The van der Waals surface area contributed by atoms with Crippen molar-refractivity contribution >= 4 is 38.4 Å². The number of esters is 1. The van der Waals surface area contributed by atoms with Crippen molar-refractivity contribution in [2.75, 3.05) is 6.61 Å². The van der Waals surface area contributed by atoms with Crippen LogP contribution in [-0.4, -0.2) is 21.0 Å². The van der Waals surface area contributed by atoms with Crippen LogP contribution in [0.15, 0.2) is 51.8 Å². The monoisotopic (exact) mass is 420 g/mol. The molecule has 3 rings (SSSR count). The lowest BCUT2D eigenvalue weighted by Crippen LogP contribution is -2.07. The molecule has 0 amide bonds. The molecule has 7 heteroatoms. The molecule has 1 heterocycles. The van der Waals surface area contributed by atoms with Gasteiger partial charge in [0.1, 0.15) is 16.9 Å². The van der Waals surface area contributed by atoms with Crippen LogP contribution in [0, 0.1) is 0 Å². The van der Waals surface area contributed by atoms with E-state index in [1.165, 1.54) is 12.1 Å². The second-order valence-corrected chi connectivity index (χ2v) is 8.84. The molecule has 0 atom stereocenters. The smallest absolute Gasteiger partial charge is 0.342 e. The maximum absolute atomic E-state index is 12.7. The average molecular weight is 421 g/mol. The summed E-state index contributed by atoms with van der Waals surface area (Å²) in [5.74, 6) is -0.0859. The van der Waals surface area contributed by atoms with Crippen LogP contribution in [0.5, 0.6) is 0 Å². The highest BCUT2D eigenvalue weighted by Crippen LogP contribution is 2.30. The largest absolute Gasteiger partial charge is 0.462 e. The standard InChI is InChI=1S/C21H21ClO5S/c1-3-5-19-20(21(23)26-4-2)17-12-14(6-11-18(17)27-19)13-28(24,25)16-9-7-15(22)8-10-16/h6-12H,3-5,13H2,1-2H3. The first-order valence-electron chi connectivity index (χ1n) is 9.05. The maximum Gasteiger partial charge on any atom is 0.342 e. The zero-order chi connectivity index (χ0) is 20.3. The van der Waals surface area contributed by atoms with E-state index in [1.54, 1.807) is 37.3 Å². The van der Waals surface area contributed by atoms with Gasteiger partial charge in [0.2, 0.25) is 0 Å². The Bertz CT molecular complexity index is 1100. The Morgan fingerprint density at radius 2 is 1.82 bits per heavy atom. The van der Waals surface area contributed by atoms with Gasteiger partial charge in [-0.05, 0) is 55.3 Å². The second-order valence-electron chi connectivity index (χ2n) is 6.41. The number of rotatable bonds is 7. The molecule has 0 radical (unpaired) electrons. The predicted molar refractivity (Wildman–Crippen MR) is 109 cm³/mol. The summed E-state index contributed by atoms with van der Waals surface area (Å²) in [4.78, 5) is 12.6. The number of sulfone groups is 1. The summed E-state index contributed by atoms with van der Waals surface area (Å²) in [7, 11) is -3.55. The van der Waals surface area contributed by atoms with E-state index in [0.29, 0.717) is 39.3 Å². The highest BCUT2D eigenvalue weighted by molar-refractivity contribution is 7.90. The van der Waals surface area contributed by atoms with Crippen LogP contribution >= 0.6 is 11.6 Å². The van der Waals surface area contributed by atoms with Crippen molar-refractivity contribution in [1.29, 1.82) is 0 Å². The third kappa shape index (κ3) is 4.23. The van der Waals surface area contributed by atoms with Crippen molar-refractivity contribution in [2.24, 2.45) is 0 Å². The quantitative estimate of drug-likeness (QED) is 0.492. The summed E-state index contributed by atoms with van der Waals surface area (Å²) in [5.41, 5.74) is 1.49. The van der Waals surface area contributed by atoms with E-state index >= 15 is 0 Å². The zero-order valence-corrected chi connectivity index (χ0v) is 17.3. The van der Waals surface area contributed by atoms with Gasteiger partial charge in [-0.25, -0.2) is 13.2 Å². The van der Waals surface area contributed by atoms with E-state index in [0.717, 1.165) is 6.42 Å². The highest BCUT2D eigenvalue weighted by atomic mass is 35.5. The number of hydrogen-bond donors (Lipinski definition) is 0.